The minimum atomic E-state index is 0.0498. The average molecular weight is 350 g/mol. The molecule has 0 atom stereocenters. The molecule has 4 heteroatoms. The van der Waals surface area contributed by atoms with Gasteiger partial charge in [-0.05, 0) is 17.5 Å². The van der Waals surface area contributed by atoms with Crippen molar-refractivity contribution in [2.75, 3.05) is 5.32 Å². The van der Waals surface area contributed by atoms with Crippen molar-refractivity contribution in [1.29, 1.82) is 0 Å². The molecule has 0 aliphatic carbocycles. The first-order chi connectivity index (χ1) is 12.3. The van der Waals surface area contributed by atoms with Crippen LogP contribution in [0.15, 0.2) is 60.0 Å². The van der Waals surface area contributed by atoms with Crippen molar-refractivity contribution in [2.45, 2.75) is 32.6 Å². The molecule has 0 aliphatic heterocycles. The van der Waals surface area contributed by atoms with E-state index in [1.165, 1.54) is 22.5 Å². The highest BCUT2D eigenvalue weighted by Crippen LogP contribution is 2.27. The Hall–Kier alpha value is -2.46. The maximum Gasteiger partial charge on any atom is 0.226 e. The lowest BCUT2D eigenvalue weighted by Crippen LogP contribution is -2.10. The molecule has 3 nitrogen and oxygen atoms in total. The topological polar surface area (TPSA) is 42.0 Å². The molecule has 3 aromatic rings. The van der Waals surface area contributed by atoms with Crippen LogP contribution in [0.4, 0.5) is 5.13 Å². The van der Waals surface area contributed by atoms with Crippen molar-refractivity contribution in [3.8, 4) is 22.4 Å². The molecule has 2 aromatic carbocycles. The van der Waals surface area contributed by atoms with Crippen LogP contribution in [0.2, 0.25) is 0 Å². The summed E-state index contributed by atoms with van der Waals surface area (Å²) in [5.41, 5.74) is 4.34. The minimum Gasteiger partial charge on any atom is -0.302 e. The van der Waals surface area contributed by atoms with Crippen LogP contribution in [-0.2, 0) is 4.79 Å². The number of amides is 1. The SMILES string of the molecule is CCCCCC(=O)Nc1nc(-c2ccc(-c3ccccc3)cc2)cs1. The quantitative estimate of drug-likeness (QED) is 0.531. The molecule has 0 bridgehead atoms. The first kappa shape index (κ1) is 17.4. The second kappa shape index (κ2) is 8.58. The number of rotatable bonds is 7. The Labute approximate surface area is 152 Å². The molecule has 0 saturated carbocycles. The summed E-state index contributed by atoms with van der Waals surface area (Å²) in [5.74, 6) is 0.0498. The highest BCUT2D eigenvalue weighted by Gasteiger charge is 2.08. The molecule has 0 unspecified atom stereocenters. The number of aromatic nitrogens is 1. The van der Waals surface area contributed by atoms with Crippen LogP contribution in [0.1, 0.15) is 32.6 Å². The molecule has 0 radical (unpaired) electrons. The lowest BCUT2D eigenvalue weighted by molar-refractivity contribution is -0.116. The maximum atomic E-state index is 11.9. The molecule has 0 aliphatic rings. The predicted octanol–water partition coefficient (Wildman–Crippen LogP) is 6.00. The van der Waals surface area contributed by atoms with Gasteiger partial charge in [-0.3, -0.25) is 4.79 Å². The first-order valence-electron chi connectivity index (χ1n) is 8.67. The summed E-state index contributed by atoms with van der Waals surface area (Å²) in [5, 5.41) is 5.55. The Morgan fingerprint density at radius 1 is 0.960 bits per heavy atom. The van der Waals surface area contributed by atoms with Crippen LogP contribution in [0, 0.1) is 0 Å². The van der Waals surface area contributed by atoms with Crippen LogP contribution >= 0.6 is 11.3 Å². The molecule has 1 heterocycles. The van der Waals surface area contributed by atoms with Crippen molar-refractivity contribution in [3.05, 3.63) is 60.0 Å². The standard InChI is InChI=1S/C21H22N2OS/c1-2-3-5-10-20(24)23-21-22-19(15-25-21)18-13-11-17(12-14-18)16-8-6-4-7-9-16/h4,6-9,11-15H,2-3,5,10H2,1H3,(H,22,23,24). The smallest absolute Gasteiger partial charge is 0.226 e. The summed E-state index contributed by atoms with van der Waals surface area (Å²) in [7, 11) is 0. The summed E-state index contributed by atoms with van der Waals surface area (Å²) >= 11 is 1.47. The number of anilines is 1. The number of nitrogens with one attached hydrogen (secondary N) is 1. The zero-order chi connectivity index (χ0) is 17.5. The van der Waals surface area contributed by atoms with Crippen LogP contribution in [0.3, 0.4) is 0 Å². The number of carbonyl (C=O) groups excluding carboxylic acids is 1. The van der Waals surface area contributed by atoms with E-state index in [1.54, 1.807) is 0 Å². The largest absolute Gasteiger partial charge is 0.302 e. The third-order valence-corrected chi connectivity index (χ3v) is 4.80. The molecule has 1 N–H and O–H groups in total. The van der Waals surface area contributed by atoms with E-state index in [9.17, 15) is 4.79 Å². The molecule has 128 valence electrons. The Bertz CT molecular complexity index is 809. The van der Waals surface area contributed by atoms with E-state index in [4.69, 9.17) is 0 Å². The third kappa shape index (κ3) is 4.77. The minimum absolute atomic E-state index is 0.0498. The summed E-state index contributed by atoms with van der Waals surface area (Å²) in [6.07, 6.45) is 3.70. The van der Waals surface area contributed by atoms with Gasteiger partial charge in [0.15, 0.2) is 5.13 Å². The molecule has 1 aromatic heterocycles. The molecule has 25 heavy (non-hydrogen) atoms. The van der Waals surface area contributed by atoms with Crippen LogP contribution in [0.25, 0.3) is 22.4 Å². The molecule has 3 rings (SSSR count). The van der Waals surface area contributed by atoms with Crippen molar-refractivity contribution in [2.24, 2.45) is 0 Å². The second-order valence-electron chi connectivity index (χ2n) is 5.99. The number of benzene rings is 2. The number of thiazole rings is 1. The van der Waals surface area contributed by atoms with Crippen LogP contribution < -0.4 is 5.32 Å². The Morgan fingerprint density at radius 3 is 2.36 bits per heavy atom. The fraction of sp³-hybridized carbons (Fsp3) is 0.238. The van der Waals surface area contributed by atoms with Gasteiger partial charge in [-0.15, -0.1) is 11.3 Å². The highest BCUT2D eigenvalue weighted by atomic mass is 32.1. The van der Waals surface area contributed by atoms with Crippen molar-refractivity contribution in [1.82, 2.24) is 4.98 Å². The lowest BCUT2D eigenvalue weighted by atomic mass is 10.0. The van der Waals surface area contributed by atoms with Gasteiger partial charge >= 0.3 is 0 Å². The number of hydrogen-bond donors (Lipinski definition) is 1. The fourth-order valence-corrected chi connectivity index (χ4v) is 3.38. The monoisotopic (exact) mass is 350 g/mol. The normalized spacial score (nSPS) is 10.6. The zero-order valence-electron chi connectivity index (χ0n) is 14.4. The van der Waals surface area contributed by atoms with E-state index in [0.717, 1.165) is 30.5 Å². The highest BCUT2D eigenvalue weighted by molar-refractivity contribution is 7.14. The van der Waals surface area contributed by atoms with Crippen molar-refractivity contribution in [3.63, 3.8) is 0 Å². The van der Waals surface area contributed by atoms with Gasteiger partial charge < -0.3 is 5.32 Å². The number of carbonyl (C=O) groups is 1. The molecular formula is C21H22N2OS. The zero-order valence-corrected chi connectivity index (χ0v) is 15.2. The van der Waals surface area contributed by atoms with E-state index in [2.05, 4.69) is 53.6 Å². The van der Waals surface area contributed by atoms with E-state index in [0.29, 0.717) is 11.6 Å². The summed E-state index contributed by atoms with van der Waals surface area (Å²) < 4.78 is 0. The van der Waals surface area contributed by atoms with E-state index >= 15 is 0 Å². The summed E-state index contributed by atoms with van der Waals surface area (Å²) in [6.45, 7) is 2.13. The van der Waals surface area contributed by atoms with Crippen molar-refractivity contribution >= 4 is 22.4 Å². The molecule has 0 spiro atoms. The molecular weight excluding hydrogens is 328 g/mol. The lowest BCUT2D eigenvalue weighted by Gasteiger charge is -2.03. The molecule has 0 fully saturated rings. The fourth-order valence-electron chi connectivity index (χ4n) is 2.65. The first-order valence-corrected chi connectivity index (χ1v) is 9.55. The van der Waals surface area contributed by atoms with Gasteiger partial charge in [-0.25, -0.2) is 4.98 Å². The molecule has 1 amide bonds. The maximum absolute atomic E-state index is 11.9. The second-order valence-corrected chi connectivity index (χ2v) is 6.84. The Balaban J connectivity index is 1.65. The Morgan fingerprint density at radius 2 is 1.64 bits per heavy atom. The Kier molecular flexibility index (Phi) is 5.96. The van der Waals surface area contributed by atoms with Gasteiger partial charge in [0.1, 0.15) is 0 Å². The molecule has 0 saturated heterocycles. The summed E-state index contributed by atoms with van der Waals surface area (Å²) in [6, 6.07) is 18.7. The van der Waals surface area contributed by atoms with Crippen molar-refractivity contribution < 1.29 is 4.79 Å². The van der Waals surface area contributed by atoms with Gasteiger partial charge in [-0.2, -0.15) is 0 Å². The summed E-state index contributed by atoms with van der Waals surface area (Å²) in [4.78, 5) is 16.4. The van der Waals surface area contributed by atoms with Gasteiger partial charge in [-0.1, -0.05) is 74.4 Å². The van der Waals surface area contributed by atoms with Gasteiger partial charge in [0.05, 0.1) is 5.69 Å². The van der Waals surface area contributed by atoms with E-state index in [-0.39, 0.29) is 5.91 Å². The number of hydrogen-bond acceptors (Lipinski definition) is 3. The number of nitrogens with zero attached hydrogens (tertiary/aromatic N) is 1. The van der Waals surface area contributed by atoms with Crippen LogP contribution in [-0.4, -0.2) is 10.9 Å². The van der Waals surface area contributed by atoms with E-state index < -0.39 is 0 Å². The van der Waals surface area contributed by atoms with E-state index in [1.807, 2.05) is 23.6 Å². The van der Waals surface area contributed by atoms with Crippen LogP contribution in [0.5, 0.6) is 0 Å². The average Bonchev–Trinajstić information content (AvgIpc) is 3.11. The number of unbranched alkanes of at least 4 members (excludes halogenated alkanes) is 2. The van der Waals surface area contributed by atoms with Gasteiger partial charge in [0, 0.05) is 17.4 Å². The third-order valence-electron chi connectivity index (χ3n) is 4.05. The van der Waals surface area contributed by atoms with Gasteiger partial charge in [0.25, 0.3) is 0 Å². The van der Waals surface area contributed by atoms with Gasteiger partial charge in [0.2, 0.25) is 5.91 Å². The predicted molar refractivity (Wildman–Crippen MR) is 106 cm³/mol.